The molecule has 3 N–H and O–H groups in total. The van der Waals surface area contributed by atoms with Crippen LogP contribution in [0.4, 0.5) is 30.2 Å². The smallest absolute Gasteiger partial charge is 0.397 e. The molecule has 0 aliphatic heterocycles. The van der Waals surface area contributed by atoms with E-state index < -0.39 is 11.7 Å². The third-order valence-electron chi connectivity index (χ3n) is 10.0. The van der Waals surface area contributed by atoms with Crippen LogP contribution in [0.25, 0.3) is 65.7 Å². The predicted octanol–water partition coefficient (Wildman–Crippen LogP) is 14.5. The second-order valence-corrected chi connectivity index (χ2v) is 13.6. The molecule has 0 radical (unpaired) electrons. The van der Waals surface area contributed by atoms with Crippen molar-refractivity contribution >= 4 is 49.4 Å². The Hall–Kier alpha value is -6.85. The maximum absolute atomic E-state index is 13.2. The Morgan fingerprint density at radius 2 is 1.00 bits per heavy atom. The number of fused-ring (bicyclic) bond motifs is 3. The summed E-state index contributed by atoms with van der Waals surface area (Å²) in [7, 11) is 0. The predicted molar refractivity (Wildman–Crippen MR) is 226 cm³/mol. The lowest BCUT2D eigenvalue weighted by Gasteiger charge is -2.19. The van der Waals surface area contributed by atoms with Crippen molar-refractivity contribution < 1.29 is 13.2 Å². The number of aryl methyl sites for hydroxylation is 1. The highest BCUT2D eigenvalue weighted by molar-refractivity contribution is 6.21. The number of nitrogens with two attached hydrogens (primary N) is 1. The highest BCUT2D eigenvalue weighted by atomic mass is 19.4. The van der Waals surface area contributed by atoms with E-state index in [1.807, 2.05) is 24.3 Å². The molecule has 268 valence electrons. The average Bonchev–Trinajstić information content (AvgIpc) is 3.21. The van der Waals surface area contributed by atoms with E-state index in [-0.39, 0.29) is 5.69 Å². The largest absolute Gasteiger partial charge is 0.416 e. The number of hydrogen-bond acceptors (Lipinski definition) is 2. The van der Waals surface area contributed by atoms with Crippen LogP contribution in [-0.4, -0.2) is 0 Å². The Bertz CT molecular complexity index is 2750. The van der Waals surface area contributed by atoms with Gasteiger partial charge in [-0.1, -0.05) is 152 Å². The summed E-state index contributed by atoms with van der Waals surface area (Å²) < 4.78 is 39.5. The number of rotatable bonds is 5. The van der Waals surface area contributed by atoms with Crippen LogP contribution in [-0.2, 0) is 6.18 Å². The molecule has 0 saturated heterocycles. The third-order valence-corrected chi connectivity index (χ3v) is 10.0. The first-order chi connectivity index (χ1) is 26.7. The highest BCUT2D eigenvalue weighted by Crippen LogP contribution is 2.44. The van der Waals surface area contributed by atoms with Crippen molar-refractivity contribution in [1.82, 2.24) is 0 Å². The number of hydrogen-bond donors (Lipinski definition) is 2. The average molecular weight is 723 g/mol. The summed E-state index contributed by atoms with van der Waals surface area (Å²) in [6, 6.07) is 62.0. The Morgan fingerprint density at radius 3 is 1.62 bits per heavy atom. The molecule has 0 aromatic heterocycles. The first-order valence-electron chi connectivity index (χ1n) is 18.1. The van der Waals surface area contributed by atoms with E-state index in [4.69, 9.17) is 5.73 Å². The fourth-order valence-corrected chi connectivity index (χ4v) is 7.37. The van der Waals surface area contributed by atoms with Crippen molar-refractivity contribution in [3.63, 3.8) is 0 Å². The number of anilines is 3. The van der Waals surface area contributed by atoms with E-state index in [1.54, 1.807) is 0 Å². The molecule has 9 aromatic carbocycles. The molecule has 0 bridgehead atoms. The Morgan fingerprint density at radius 1 is 0.455 bits per heavy atom. The van der Waals surface area contributed by atoms with Gasteiger partial charge >= 0.3 is 6.18 Å². The molecular weight excluding hydrogens is 686 g/mol. The SMILES string of the molecule is Cc1ccccc1-c1ccccc1.Nc1cc(C(F)(F)F)ccc1Nc1cccc(-c2c3ccccc3c(-c3ccc4ccccc4c3)c3ccccc23)c1. The minimum atomic E-state index is -4.45. The van der Waals surface area contributed by atoms with Crippen LogP contribution in [0, 0.1) is 6.92 Å². The summed E-state index contributed by atoms with van der Waals surface area (Å²) in [5.74, 6) is 0. The summed E-state index contributed by atoms with van der Waals surface area (Å²) in [6.07, 6.45) is -4.45. The van der Waals surface area contributed by atoms with Gasteiger partial charge in [-0.25, -0.2) is 0 Å². The number of nitrogens with one attached hydrogen (secondary N) is 1. The fourth-order valence-electron chi connectivity index (χ4n) is 7.37. The first-order valence-corrected chi connectivity index (χ1v) is 18.1. The van der Waals surface area contributed by atoms with Crippen LogP contribution in [0.1, 0.15) is 11.1 Å². The topological polar surface area (TPSA) is 38.0 Å². The van der Waals surface area contributed by atoms with Gasteiger partial charge in [0.2, 0.25) is 0 Å². The molecule has 0 fully saturated rings. The standard InChI is InChI=1S/C37H25F3N2.C13H12/c38-37(39,40)27-18-19-34(33(41)22-27)42-28-11-7-10-25(21-28)35-29-12-3-5-14-31(29)36(32-15-6-4-13-30(32)35)26-17-16-23-8-1-2-9-24(23)20-26;1-11-7-5-6-10-13(11)12-8-3-2-4-9-12/h1-22,42H,41H2;2-10H,1H3. The lowest BCUT2D eigenvalue weighted by Crippen LogP contribution is -2.06. The minimum absolute atomic E-state index is 0.0332. The van der Waals surface area contributed by atoms with Gasteiger partial charge in [-0.3, -0.25) is 0 Å². The molecule has 2 nitrogen and oxygen atoms in total. The number of halogens is 3. The molecule has 0 aliphatic rings. The molecule has 9 aromatic rings. The molecule has 0 atom stereocenters. The van der Waals surface area contributed by atoms with Gasteiger partial charge in [0.25, 0.3) is 0 Å². The molecule has 0 aliphatic carbocycles. The Balaban J connectivity index is 0.000000277. The second-order valence-electron chi connectivity index (χ2n) is 13.6. The van der Waals surface area contributed by atoms with Gasteiger partial charge in [0, 0.05) is 5.69 Å². The van der Waals surface area contributed by atoms with Crippen LogP contribution in [0.3, 0.4) is 0 Å². The van der Waals surface area contributed by atoms with Gasteiger partial charge in [-0.05, 0) is 115 Å². The normalized spacial score (nSPS) is 11.3. The summed E-state index contributed by atoms with van der Waals surface area (Å²) in [5, 5.41) is 10.1. The van der Waals surface area contributed by atoms with Gasteiger partial charge in [0.1, 0.15) is 0 Å². The van der Waals surface area contributed by atoms with E-state index in [1.165, 1.54) is 39.1 Å². The van der Waals surface area contributed by atoms with E-state index >= 15 is 0 Å². The van der Waals surface area contributed by atoms with E-state index in [0.717, 1.165) is 56.1 Å². The zero-order valence-corrected chi connectivity index (χ0v) is 30.1. The summed E-state index contributed by atoms with van der Waals surface area (Å²) in [5.41, 5.74) is 14.8. The minimum Gasteiger partial charge on any atom is -0.397 e. The summed E-state index contributed by atoms with van der Waals surface area (Å²) >= 11 is 0. The van der Waals surface area contributed by atoms with E-state index in [2.05, 4.69) is 158 Å². The lowest BCUT2D eigenvalue weighted by atomic mass is 9.85. The van der Waals surface area contributed by atoms with Crippen LogP contribution in [0.2, 0.25) is 0 Å². The van der Waals surface area contributed by atoms with Crippen molar-refractivity contribution in [2.45, 2.75) is 13.1 Å². The van der Waals surface area contributed by atoms with Crippen LogP contribution in [0.5, 0.6) is 0 Å². The molecule has 0 unspecified atom stereocenters. The van der Waals surface area contributed by atoms with E-state index in [9.17, 15) is 13.2 Å². The van der Waals surface area contributed by atoms with Crippen LogP contribution < -0.4 is 11.1 Å². The monoisotopic (exact) mass is 722 g/mol. The van der Waals surface area contributed by atoms with Gasteiger partial charge < -0.3 is 11.1 Å². The lowest BCUT2D eigenvalue weighted by molar-refractivity contribution is -0.137. The Labute approximate surface area is 318 Å². The van der Waals surface area contributed by atoms with Crippen molar-refractivity contribution in [2.75, 3.05) is 11.1 Å². The maximum Gasteiger partial charge on any atom is 0.416 e. The molecule has 0 spiro atoms. The van der Waals surface area contributed by atoms with Crippen molar-refractivity contribution in [1.29, 1.82) is 0 Å². The first kappa shape index (κ1) is 35.2. The van der Waals surface area contributed by atoms with Crippen molar-refractivity contribution in [3.05, 3.63) is 199 Å². The van der Waals surface area contributed by atoms with Gasteiger partial charge in [0.15, 0.2) is 0 Å². The number of benzene rings is 9. The quantitative estimate of drug-likeness (QED) is 0.137. The van der Waals surface area contributed by atoms with Gasteiger partial charge in [-0.2, -0.15) is 13.2 Å². The van der Waals surface area contributed by atoms with Gasteiger partial charge in [0.05, 0.1) is 16.9 Å². The third kappa shape index (κ3) is 7.25. The highest BCUT2D eigenvalue weighted by Gasteiger charge is 2.30. The number of nitrogen functional groups attached to an aromatic ring is 1. The van der Waals surface area contributed by atoms with Crippen molar-refractivity contribution in [3.8, 4) is 33.4 Å². The molecule has 0 heterocycles. The molecule has 0 amide bonds. The van der Waals surface area contributed by atoms with Crippen LogP contribution in [0.15, 0.2) is 188 Å². The van der Waals surface area contributed by atoms with Gasteiger partial charge in [-0.15, -0.1) is 0 Å². The molecule has 5 heteroatoms. The zero-order chi connectivity index (χ0) is 37.9. The summed E-state index contributed by atoms with van der Waals surface area (Å²) in [6.45, 7) is 2.14. The zero-order valence-electron chi connectivity index (χ0n) is 30.1. The van der Waals surface area contributed by atoms with Crippen LogP contribution >= 0.6 is 0 Å². The molecule has 0 saturated carbocycles. The number of alkyl halides is 3. The summed E-state index contributed by atoms with van der Waals surface area (Å²) in [4.78, 5) is 0. The maximum atomic E-state index is 13.2. The molecule has 9 rings (SSSR count). The van der Waals surface area contributed by atoms with Crippen molar-refractivity contribution in [2.24, 2.45) is 0 Å². The Kier molecular flexibility index (Phi) is 9.52. The second kappa shape index (κ2) is 14.9. The fraction of sp³-hybridized carbons (Fsp3) is 0.0400. The molecule has 55 heavy (non-hydrogen) atoms. The molecular formula is C50H37F3N2. The van der Waals surface area contributed by atoms with E-state index in [0.29, 0.717) is 5.69 Å².